The van der Waals surface area contributed by atoms with Crippen molar-refractivity contribution in [2.24, 2.45) is 11.7 Å². The molecule has 0 spiro atoms. The minimum atomic E-state index is 0.671. The summed E-state index contributed by atoms with van der Waals surface area (Å²) in [5, 5.41) is 0. The zero-order chi connectivity index (χ0) is 12.0. The molecular weight excluding hydrogens is 198 g/mol. The number of rotatable bonds is 6. The fourth-order valence-corrected chi connectivity index (χ4v) is 1.90. The van der Waals surface area contributed by atoms with Crippen LogP contribution in [0.25, 0.3) is 0 Å². The maximum absolute atomic E-state index is 5.63. The van der Waals surface area contributed by atoms with Gasteiger partial charge >= 0.3 is 0 Å². The smallest absolute Gasteiger partial charge is 0.0313 e. The van der Waals surface area contributed by atoms with E-state index in [2.05, 4.69) is 36.7 Å². The van der Waals surface area contributed by atoms with E-state index >= 15 is 0 Å². The number of nitrogens with zero attached hydrogens (tertiary/aromatic N) is 2. The molecule has 1 rings (SSSR count). The van der Waals surface area contributed by atoms with Crippen LogP contribution in [0.3, 0.4) is 0 Å². The summed E-state index contributed by atoms with van der Waals surface area (Å²) in [7, 11) is 0. The van der Waals surface area contributed by atoms with Gasteiger partial charge in [0.25, 0.3) is 0 Å². The van der Waals surface area contributed by atoms with Gasteiger partial charge in [0.2, 0.25) is 0 Å². The van der Waals surface area contributed by atoms with Gasteiger partial charge in [0.1, 0.15) is 0 Å². The maximum Gasteiger partial charge on any atom is 0.0313 e. The van der Waals surface area contributed by atoms with Crippen LogP contribution in [0.5, 0.6) is 0 Å². The van der Waals surface area contributed by atoms with Gasteiger partial charge in [-0.15, -0.1) is 0 Å². The van der Waals surface area contributed by atoms with E-state index in [0.29, 0.717) is 12.5 Å². The Bertz CT molecular complexity index is 310. The number of nitrogens with two attached hydrogens (primary N) is 1. The molecule has 0 fully saturated rings. The SMILES string of the molecule is Cc1cncc(CN(CCN)CC(C)C)c1. The van der Waals surface area contributed by atoms with E-state index in [1.807, 2.05) is 12.4 Å². The van der Waals surface area contributed by atoms with E-state index in [1.54, 1.807) is 0 Å². The molecule has 2 N–H and O–H groups in total. The summed E-state index contributed by atoms with van der Waals surface area (Å²) in [5.74, 6) is 0.671. The monoisotopic (exact) mass is 221 g/mol. The lowest BCUT2D eigenvalue weighted by atomic mass is 10.1. The van der Waals surface area contributed by atoms with E-state index < -0.39 is 0 Å². The van der Waals surface area contributed by atoms with Crippen LogP contribution in [0.4, 0.5) is 0 Å². The number of hydrogen-bond donors (Lipinski definition) is 1. The average molecular weight is 221 g/mol. The van der Waals surface area contributed by atoms with Crippen LogP contribution in [0.2, 0.25) is 0 Å². The van der Waals surface area contributed by atoms with Crippen molar-refractivity contribution in [2.45, 2.75) is 27.3 Å². The Morgan fingerprint density at radius 2 is 2.12 bits per heavy atom. The molecular formula is C13H23N3. The highest BCUT2D eigenvalue weighted by Gasteiger charge is 2.07. The quantitative estimate of drug-likeness (QED) is 0.796. The van der Waals surface area contributed by atoms with Crippen molar-refractivity contribution in [2.75, 3.05) is 19.6 Å². The van der Waals surface area contributed by atoms with Crippen LogP contribution < -0.4 is 5.73 Å². The minimum Gasteiger partial charge on any atom is -0.329 e. The summed E-state index contributed by atoms with van der Waals surface area (Å²) in [5.41, 5.74) is 8.12. The second kappa shape index (κ2) is 6.61. The molecule has 16 heavy (non-hydrogen) atoms. The Morgan fingerprint density at radius 3 is 2.69 bits per heavy atom. The lowest BCUT2D eigenvalue weighted by Gasteiger charge is -2.23. The van der Waals surface area contributed by atoms with Gasteiger partial charge < -0.3 is 5.73 Å². The molecule has 0 bridgehead atoms. The molecule has 90 valence electrons. The van der Waals surface area contributed by atoms with Crippen molar-refractivity contribution in [3.05, 3.63) is 29.6 Å². The first-order chi connectivity index (χ1) is 7.61. The van der Waals surface area contributed by atoms with Crippen molar-refractivity contribution in [1.29, 1.82) is 0 Å². The van der Waals surface area contributed by atoms with Gasteiger partial charge in [-0.1, -0.05) is 19.9 Å². The second-order valence-corrected chi connectivity index (χ2v) is 4.79. The molecule has 1 aromatic heterocycles. The van der Waals surface area contributed by atoms with E-state index in [9.17, 15) is 0 Å². The van der Waals surface area contributed by atoms with E-state index in [-0.39, 0.29) is 0 Å². The Morgan fingerprint density at radius 1 is 1.38 bits per heavy atom. The van der Waals surface area contributed by atoms with Gasteiger partial charge in [0.05, 0.1) is 0 Å². The summed E-state index contributed by atoms with van der Waals surface area (Å²) in [6.07, 6.45) is 3.83. The summed E-state index contributed by atoms with van der Waals surface area (Å²) in [4.78, 5) is 6.61. The Labute approximate surface area is 98.7 Å². The van der Waals surface area contributed by atoms with Crippen LogP contribution in [0.1, 0.15) is 25.0 Å². The number of hydrogen-bond acceptors (Lipinski definition) is 3. The molecule has 0 aromatic carbocycles. The summed E-state index contributed by atoms with van der Waals surface area (Å²) < 4.78 is 0. The summed E-state index contributed by atoms with van der Waals surface area (Å²) in [6, 6.07) is 2.19. The van der Waals surface area contributed by atoms with Crippen molar-refractivity contribution >= 4 is 0 Å². The van der Waals surface area contributed by atoms with E-state index in [1.165, 1.54) is 11.1 Å². The topological polar surface area (TPSA) is 42.2 Å². The molecule has 0 aliphatic carbocycles. The first kappa shape index (κ1) is 13.1. The van der Waals surface area contributed by atoms with Gasteiger partial charge in [-0.25, -0.2) is 0 Å². The van der Waals surface area contributed by atoms with Gasteiger partial charge in [-0.05, 0) is 24.0 Å². The third-order valence-corrected chi connectivity index (χ3v) is 2.41. The fraction of sp³-hybridized carbons (Fsp3) is 0.615. The van der Waals surface area contributed by atoms with Gasteiger partial charge in [0, 0.05) is 38.6 Å². The zero-order valence-electron chi connectivity index (χ0n) is 10.6. The molecule has 0 aliphatic heterocycles. The maximum atomic E-state index is 5.63. The molecule has 0 atom stereocenters. The predicted octanol–water partition coefficient (Wildman–Crippen LogP) is 1.81. The molecule has 0 unspecified atom stereocenters. The lowest BCUT2D eigenvalue weighted by Crippen LogP contribution is -2.32. The molecule has 1 aromatic rings. The Balaban J connectivity index is 2.60. The highest BCUT2D eigenvalue weighted by Crippen LogP contribution is 2.07. The average Bonchev–Trinajstić information content (AvgIpc) is 2.16. The highest BCUT2D eigenvalue weighted by molar-refractivity contribution is 5.16. The molecule has 1 heterocycles. The van der Waals surface area contributed by atoms with Gasteiger partial charge in [-0.2, -0.15) is 0 Å². The molecule has 3 heteroatoms. The molecule has 0 saturated carbocycles. The largest absolute Gasteiger partial charge is 0.329 e. The van der Waals surface area contributed by atoms with Crippen molar-refractivity contribution < 1.29 is 0 Å². The van der Waals surface area contributed by atoms with E-state index in [0.717, 1.165) is 19.6 Å². The molecule has 0 amide bonds. The van der Waals surface area contributed by atoms with Crippen LogP contribution in [-0.4, -0.2) is 29.5 Å². The van der Waals surface area contributed by atoms with Crippen molar-refractivity contribution in [3.63, 3.8) is 0 Å². The second-order valence-electron chi connectivity index (χ2n) is 4.79. The standard InChI is InChI=1S/C13H23N3/c1-11(2)9-16(5-4-14)10-13-6-12(3)7-15-8-13/h6-8,11H,4-5,9-10,14H2,1-3H3. The zero-order valence-corrected chi connectivity index (χ0v) is 10.6. The van der Waals surface area contributed by atoms with Crippen molar-refractivity contribution in [3.8, 4) is 0 Å². The Hall–Kier alpha value is -0.930. The molecule has 0 saturated heterocycles. The third-order valence-electron chi connectivity index (χ3n) is 2.41. The van der Waals surface area contributed by atoms with Crippen LogP contribution in [0.15, 0.2) is 18.5 Å². The Kier molecular flexibility index (Phi) is 5.43. The van der Waals surface area contributed by atoms with Crippen molar-refractivity contribution in [1.82, 2.24) is 9.88 Å². The third kappa shape index (κ3) is 4.73. The molecule has 0 aliphatic rings. The minimum absolute atomic E-state index is 0.671. The van der Waals surface area contributed by atoms with Crippen LogP contribution >= 0.6 is 0 Å². The van der Waals surface area contributed by atoms with E-state index in [4.69, 9.17) is 5.73 Å². The van der Waals surface area contributed by atoms with Crippen LogP contribution in [0, 0.1) is 12.8 Å². The molecule has 3 nitrogen and oxygen atoms in total. The van der Waals surface area contributed by atoms with Crippen LogP contribution in [-0.2, 0) is 6.54 Å². The fourth-order valence-electron chi connectivity index (χ4n) is 1.90. The first-order valence-electron chi connectivity index (χ1n) is 5.94. The first-order valence-corrected chi connectivity index (χ1v) is 5.94. The number of aromatic nitrogens is 1. The summed E-state index contributed by atoms with van der Waals surface area (Å²) in [6.45, 7) is 10.2. The molecule has 0 radical (unpaired) electrons. The number of aryl methyl sites for hydroxylation is 1. The van der Waals surface area contributed by atoms with Gasteiger partial charge in [-0.3, -0.25) is 9.88 Å². The highest BCUT2D eigenvalue weighted by atomic mass is 15.1. The normalized spacial score (nSPS) is 11.4. The predicted molar refractivity (Wildman–Crippen MR) is 68.1 cm³/mol. The van der Waals surface area contributed by atoms with Gasteiger partial charge in [0.15, 0.2) is 0 Å². The summed E-state index contributed by atoms with van der Waals surface area (Å²) >= 11 is 0. The number of pyridine rings is 1. The lowest BCUT2D eigenvalue weighted by molar-refractivity contribution is 0.242.